The highest BCUT2D eigenvalue weighted by molar-refractivity contribution is 5.90. The molecule has 2 N–H and O–H groups in total. The van der Waals surface area contributed by atoms with Crippen LogP contribution in [-0.2, 0) is 0 Å². The quantitative estimate of drug-likeness (QED) is 0.831. The number of aromatic carboxylic acids is 1. The molecule has 0 fully saturated rings. The Morgan fingerprint density at radius 2 is 2.12 bits per heavy atom. The first-order valence-electron chi connectivity index (χ1n) is 4.72. The fraction of sp³-hybridized carbons (Fsp3) is 0. The van der Waals surface area contributed by atoms with E-state index in [1.165, 1.54) is 24.5 Å². The predicted molar refractivity (Wildman–Crippen MR) is 58.3 cm³/mol. The van der Waals surface area contributed by atoms with Crippen molar-refractivity contribution in [1.82, 2.24) is 9.97 Å². The number of aromatic nitrogens is 2. The molecule has 2 aromatic rings. The number of carboxylic acids is 1. The SMILES string of the molecule is O=C(O)c1ccccc1Oc1cnc(=O)[nH]c1. The number of nitrogens with one attached hydrogen (secondary N) is 1. The van der Waals surface area contributed by atoms with E-state index in [1.54, 1.807) is 12.1 Å². The molecule has 1 aromatic heterocycles. The van der Waals surface area contributed by atoms with Crippen molar-refractivity contribution in [3.05, 3.63) is 52.7 Å². The van der Waals surface area contributed by atoms with Crippen molar-refractivity contribution >= 4 is 5.97 Å². The van der Waals surface area contributed by atoms with Gasteiger partial charge in [-0.05, 0) is 12.1 Å². The summed E-state index contributed by atoms with van der Waals surface area (Å²) in [4.78, 5) is 27.4. The maximum atomic E-state index is 10.9. The van der Waals surface area contributed by atoms with Crippen LogP contribution in [0.5, 0.6) is 11.5 Å². The number of H-pyrrole nitrogens is 1. The van der Waals surface area contributed by atoms with Crippen molar-refractivity contribution in [2.45, 2.75) is 0 Å². The van der Waals surface area contributed by atoms with Gasteiger partial charge in [-0.25, -0.2) is 9.59 Å². The van der Waals surface area contributed by atoms with Gasteiger partial charge in [0.15, 0.2) is 5.75 Å². The summed E-state index contributed by atoms with van der Waals surface area (Å²) in [6.45, 7) is 0. The lowest BCUT2D eigenvalue weighted by atomic mass is 10.2. The van der Waals surface area contributed by atoms with Crippen LogP contribution in [0.15, 0.2) is 41.5 Å². The maximum absolute atomic E-state index is 10.9. The maximum Gasteiger partial charge on any atom is 0.345 e. The van der Waals surface area contributed by atoms with E-state index in [9.17, 15) is 9.59 Å². The highest BCUT2D eigenvalue weighted by Gasteiger charge is 2.10. The molecule has 1 heterocycles. The molecule has 0 spiro atoms. The van der Waals surface area contributed by atoms with Gasteiger partial charge in [0.25, 0.3) is 0 Å². The molecule has 0 unspecified atom stereocenters. The minimum Gasteiger partial charge on any atom is -0.478 e. The molecule has 0 aliphatic carbocycles. The number of aromatic amines is 1. The van der Waals surface area contributed by atoms with Crippen LogP contribution in [0.4, 0.5) is 0 Å². The van der Waals surface area contributed by atoms with Crippen molar-refractivity contribution in [1.29, 1.82) is 0 Å². The summed E-state index contributed by atoms with van der Waals surface area (Å²) >= 11 is 0. The number of carboxylic acid groups (broad SMARTS) is 1. The fourth-order valence-corrected chi connectivity index (χ4v) is 1.24. The van der Waals surface area contributed by atoms with E-state index >= 15 is 0 Å². The van der Waals surface area contributed by atoms with Gasteiger partial charge in [0, 0.05) is 0 Å². The average molecular weight is 232 g/mol. The normalized spacial score (nSPS) is 9.88. The zero-order valence-corrected chi connectivity index (χ0v) is 8.58. The first-order valence-corrected chi connectivity index (χ1v) is 4.72. The number of rotatable bonds is 3. The molecule has 86 valence electrons. The third kappa shape index (κ3) is 2.49. The van der Waals surface area contributed by atoms with E-state index < -0.39 is 11.7 Å². The first-order chi connectivity index (χ1) is 8.16. The molecule has 0 saturated carbocycles. The van der Waals surface area contributed by atoms with Gasteiger partial charge >= 0.3 is 11.7 Å². The van der Waals surface area contributed by atoms with Crippen molar-refractivity contribution in [3.8, 4) is 11.5 Å². The summed E-state index contributed by atoms with van der Waals surface area (Å²) in [6, 6.07) is 6.20. The summed E-state index contributed by atoms with van der Waals surface area (Å²) in [7, 11) is 0. The number of para-hydroxylation sites is 1. The van der Waals surface area contributed by atoms with Crippen molar-refractivity contribution in [2.75, 3.05) is 0 Å². The van der Waals surface area contributed by atoms with Gasteiger partial charge in [-0.1, -0.05) is 12.1 Å². The molecule has 0 radical (unpaired) electrons. The number of nitrogens with zero attached hydrogens (tertiary/aromatic N) is 1. The lowest BCUT2D eigenvalue weighted by Gasteiger charge is -2.07. The summed E-state index contributed by atoms with van der Waals surface area (Å²) in [5.41, 5.74) is -0.456. The number of ether oxygens (including phenoxy) is 1. The molecule has 17 heavy (non-hydrogen) atoms. The summed E-state index contributed by atoms with van der Waals surface area (Å²) in [5, 5.41) is 8.93. The van der Waals surface area contributed by atoms with E-state index in [0.29, 0.717) is 0 Å². The first kappa shape index (κ1) is 10.9. The van der Waals surface area contributed by atoms with Crippen LogP contribution in [0, 0.1) is 0 Å². The molecular formula is C11H8N2O4. The summed E-state index contributed by atoms with van der Waals surface area (Å²) < 4.78 is 5.31. The third-order valence-corrected chi connectivity index (χ3v) is 1.99. The Hall–Kier alpha value is -2.63. The highest BCUT2D eigenvalue weighted by atomic mass is 16.5. The Bertz CT molecular complexity index is 586. The largest absolute Gasteiger partial charge is 0.478 e. The van der Waals surface area contributed by atoms with E-state index in [2.05, 4.69) is 9.97 Å². The highest BCUT2D eigenvalue weighted by Crippen LogP contribution is 2.23. The zero-order valence-electron chi connectivity index (χ0n) is 8.58. The summed E-state index contributed by atoms with van der Waals surface area (Å²) in [5.74, 6) is -0.634. The molecule has 6 heteroatoms. The van der Waals surface area contributed by atoms with Gasteiger partial charge < -0.3 is 14.8 Å². The number of benzene rings is 1. The van der Waals surface area contributed by atoms with Gasteiger partial charge in [0.1, 0.15) is 11.3 Å². The van der Waals surface area contributed by atoms with Crippen LogP contribution in [0.3, 0.4) is 0 Å². The second-order valence-electron chi connectivity index (χ2n) is 3.16. The van der Waals surface area contributed by atoms with Crippen LogP contribution < -0.4 is 10.4 Å². The van der Waals surface area contributed by atoms with Gasteiger partial charge in [-0.3, -0.25) is 0 Å². The lowest BCUT2D eigenvalue weighted by molar-refractivity contribution is 0.0694. The topological polar surface area (TPSA) is 92.3 Å². The van der Waals surface area contributed by atoms with Gasteiger partial charge in [0.05, 0.1) is 12.4 Å². The third-order valence-electron chi connectivity index (χ3n) is 1.99. The number of hydrogen-bond acceptors (Lipinski definition) is 4. The molecule has 0 aliphatic rings. The standard InChI is InChI=1S/C11H8N2O4/c14-10(15)8-3-1-2-4-9(8)17-7-5-12-11(16)13-6-7/h1-6H,(H,14,15)(H,12,13,16). The second kappa shape index (κ2) is 4.48. The van der Waals surface area contributed by atoms with Crippen molar-refractivity contribution in [2.24, 2.45) is 0 Å². The fourth-order valence-electron chi connectivity index (χ4n) is 1.24. The molecule has 0 aliphatic heterocycles. The van der Waals surface area contributed by atoms with E-state index in [-0.39, 0.29) is 17.1 Å². The van der Waals surface area contributed by atoms with E-state index in [4.69, 9.17) is 9.84 Å². The van der Waals surface area contributed by atoms with Crippen molar-refractivity contribution < 1.29 is 14.6 Å². The molecule has 0 saturated heterocycles. The molecule has 0 bridgehead atoms. The Kier molecular flexibility index (Phi) is 2.87. The number of carbonyl (C=O) groups is 1. The average Bonchev–Trinajstić information content (AvgIpc) is 2.32. The number of hydrogen-bond donors (Lipinski definition) is 2. The Labute approximate surface area is 95.5 Å². The minimum atomic E-state index is -1.09. The van der Waals surface area contributed by atoms with Crippen molar-refractivity contribution in [3.63, 3.8) is 0 Å². The smallest absolute Gasteiger partial charge is 0.345 e. The Morgan fingerprint density at radius 1 is 1.35 bits per heavy atom. The van der Waals surface area contributed by atoms with Gasteiger partial charge in [-0.15, -0.1) is 0 Å². The van der Waals surface area contributed by atoms with Crippen LogP contribution >= 0.6 is 0 Å². The van der Waals surface area contributed by atoms with Crippen LogP contribution in [0.1, 0.15) is 10.4 Å². The molecule has 6 nitrogen and oxygen atoms in total. The predicted octanol–water partition coefficient (Wildman–Crippen LogP) is 1.26. The lowest BCUT2D eigenvalue weighted by Crippen LogP contribution is -2.08. The molecule has 2 rings (SSSR count). The molecule has 1 aromatic carbocycles. The molecular weight excluding hydrogens is 224 g/mol. The minimum absolute atomic E-state index is 0.0405. The Balaban J connectivity index is 2.33. The van der Waals surface area contributed by atoms with E-state index in [1.807, 2.05) is 0 Å². The monoisotopic (exact) mass is 232 g/mol. The molecule has 0 amide bonds. The second-order valence-corrected chi connectivity index (χ2v) is 3.16. The summed E-state index contributed by atoms with van der Waals surface area (Å²) in [6.07, 6.45) is 2.53. The van der Waals surface area contributed by atoms with Crippen LogP contribution in [0.25, 0.3) is 0 Å². The molecule has 0 atom stereocenters. The van der Waals surface area contributed by atoms with E-state index in [0.717, 1.165) is 0 Å². The van der Waals surface area contributed by atoms with Gasteiger partial charge in [0.2, 0.25) is 0 Å². The van der Waals surface area contributed by atoms with Gasteiger partial charge in [-0.2, -0.15) is 4.98 Å². The zero-order chi connectivity index (χ0) is 12.3. The van der Waals surface area contributed by atoms with Crippen LogP contribution in [0.2, 0.25) is 0 Å². The Morgan fingerprint density at radius 3 is 2.76 bits per heavy atom. The van der Waals surface area contributed by atoms with Crippen LogP contribution in [-0.4, -0.2) is 21.0 Å².